The van der Waals surface area contributed by atoms with Crippen LogP contribution in [0.25, 0.3) is 0 Å². The summed E-state index contributed by atoms with van der Waals surface area (Å²) in [5.74, 6) is -3.32. The lowest BCUT2D eigenvalue weighted by molar-refractivity contribution is -0.124. The van der Waals surface area contributed by atoms with Gasteiger partial charge in [0.05, 0.1) is 10.5 Å². The molecule has 0 fully saturated rings. The zero-order chi connectivity index (χ0) is 20.0. The van der Waals surface area contributed by atoms with Crippen molar-refractivity contribution in [2.24, 2.45) is 5.14 Å². The molecule has 0 radical (unpaired) electrons. The lowest BCUT2D eigenvalue weighted by atomic mass is 10.1. The minimum atomic E-state index is -4.13. The van der Waals surface area contributed by atoms with Crippen LogP contribution in [0.1, 0.15) is 15.9 Å². The molecule has 7 nitrogen and oxygen atoms in total. The third-order valence-electron chi connectivity index (χ3n) is 3.49. The van der Waals surface area contributed by atoms with Gasteiger partial charge in [0.2, 0.25) is 10.0 Å². The number of esters is 1. The lowest BCUT2D eigenvalue weighted by Gasteiger charge is -2.08. The fraction of sp³-hybridized carbons (Fsp3) is 0.176. The molecule has 0 heterocycles. The molecule has 0 bridgehead atoms. The van der Waals surface area contributed by atoms with Crippen LogP contribution in [0, 0.1) is 11.6 Å². The molecule has 2 aromatic carbocycles. The Morgan fingerprint density at radius 1 is 1.07 bits per heavy atom. The average Bonchev–Trinajstić information content (AvgIpc) is 2.60. The normalized spacial score (nSPS) is 11.1. The Labute approximate surface area is 154 Å². The minimum Gasteiger partial charge on any atom is -0.452 e. The molecular weight excluding hydrogens is 382 g/mol. The standard InChI is InChI=1S/C17H16F2N2O5S/c18-14-4-2-1-3-11(14)7-8-21-16(22)10-26-17(23)13-9-12(27(20,24)25)5-6-15(13)19/h1-6,9H,7-8,10H2,(H,21,22)(H2,20,24,25). The van der Waals surface area contributed by atoms with Crippen LogP contribution in [-0.2, 0) is 26.0 Å². The maximum atomic E-state index is 13.7. The molecule has 0 aromatic heterocycles. The monoisotopic (exact) mass is 398 g/mol. The molecule has 2 rings (SSSR count). The number of halogens is 2. The van der Waals surface area contributed by atoms with Gasteiger partial charge in [-0.25, -0.2) is 27.1 Å². The molecule has 2 aromatic rings. The third-order valence-corrected chi connectivity index (χ3v) is 4.41. The highest BCUT2D eigenvalue weighted by atomic mass is 32.2. The highest BCUT2D eigenvalue weighted by molar-refractivity contribution is 7.89. The second kappa shape index (κ2) is 8.69. The van der Waals surface area contributed by atoms with E-state index in [9.17, 15) is 26.8 Å². The number of benzene rings is 2. The van der Waals surface area contributed by atoms with E-state index in [4.69, 9.17) is 5.14 Å². The Balaban J connectivity index is 1.88. The Bertz CT molecular complexity index is 964. The second-order valence-corrected chi connectivity index (χ2v) is 7.02. The summed E-state index contributed by atoms with van der Waals surface area (Å²) >= 11 is 0. The Kier molecular flexibility index (Phi) is 6.59. The number of primary sulfonamides is 1. The van der Waals surface area contributed by atoms with Gasteiger partial charge in [-0.05, 0) is 36.2 Å². The van der Waals surface area contributed by atoms with Crippen molar-refractivity contribution in [3.63, 3.8) is 0 Å². The SMILES string of the molecule is NS(=O)(=O)c1ccc(F)c(C(=O)OCC(=O)NCCc2ccccc2F)c1. The van der Waals surface area contributed by atoms with E-state index in [1.165, 1.54) is 6.07 Å². The van der Waals surface area contributed by atoms with Crippen LogP contribution in [-0.4, -0.2) is 33.4 Å². The first-order chi connectivity index (χ1) is 12.7. The molecule has 0 aliphatic rings. The lowest BCUT2D eigenvalue weighted by Crippen LogP contribution is -2.30. The van der Waals surface area contributed by atoms with Gasteiger partial charge in [-0.3, -0.25) is 4.79 Å². The average molecular weight is 398 g/mol. The minimum absolute atomic E-state index is 0.104. The first-order valence-electron chi connectivity index (χ1n) is 7.68. The van der Waals surface area contributed by atoms with E-state index < -0.39 is 50.6 Å². The van der Waals surface area contributed by atoms with E-state index in [1.54, 1.807) is 18.2 Å². The zero-order valence-electron chi connectivity index (χ0n) is 13.9. The summed E-state index contributed by atoms with van der Waals surface area (Å²) in [6.45, 7) is -0.609. The molecule has 3 N–H and O–H groups in total. The van der Waals surface area contributed by atoms with Gasteiger partial charge < -0.3 is 10.1 Å². The van der Waals surface area contributed by atoms with E-state index >= 15 is 0 Å². The molecule has 1 amide bonds. The van der Waals surface area contributed by atoms with Crippen molar-refractivity contribution in [2.45, 2.75) is 11.3 Å². The molecule has 0 aliphatic heterocycles. The van der Waals surface area contributed by atoms with Gasteiger partial charge in [0.15, 0.2) is 6.61 Å². The molecule has 0 saturated carbocycles. The molecule has 0 atom stereocenters. The maximum Gasteiger partial charge on any atom is 0.341 e. The Morgan fingerprint density at radius 3 is 2.44 bits per heavy atom. The molecular formula is C17H16F2N2O5S. The quantitative estimate of drug-likeness (QED) is 0.679. The number of rotatable bonds is 7. The number of carbonyl (C=O) groups is 2. The van der Waals surface area contributed by atoms with Crippen molar-refractivity contribution in [3.05, 3.63) is 65.2 Å². The number of amides is 1. The fourth-order valence-electron chi connectivity index (χ4n) is 2.14. The molecule has 0 aliphatic carbocycles. The number of ether oxygens (including phenoxy) is 1. The van der Waals surface area contributed by atoms with Crippen LogP contribution in [0.2, 0.25) is 0 Å². The summed E-state index contributed by atoms with van der Waals surface area (Å²) < 4.78 is 54.3. The van der Waals surface area contributed by atoms with Crippen LogP contribution < -0.4 is 10.5 Å². The summed E-state index contributed by atoms with van der Waals surface area (Å²) in [6.07, 6.45) is 0.234. The molecule has 144 valence electrons. The smallest absolute Gasteiger partial charge is 0.341 e. The number of carbonyl (C=O) groups excluding carboxylic acids is 2. The van der Waals surface area contributed by atoms with Crippen LogP contribution >= 0.6 is 0 Å². The molecule has 0 unspecified atom stereocenters. The topological polar surface area (TPSA) is 116 Å². The number of hydrogen-bond donors (Lipinski definition) is 2. The second-order valence-electron chi connectivity index (χ2n) is 5.45. The summed E-state index contributed by atoms with van der Waals surface area (Å²) in [4.78, 5) is 23.1. The van der Waals surface area contributed by atoms with E-state index in [2.05, 4.69) is 10.1 Å². The maximum absolute atomic E-state index is 13.7. The number of hydrogen-bond acceptors (Lipinski definition) is 5. The first-order valence-corrected chi connectivity index (χ1v) is 9.22. The highest BCUT2D eigenvalue weighted by Crippen LogP contribution is 2.15. The van der Waals surface area contributed by atoms with Gasteiger partial charge >= 0.3 is 5.97 Å². The summed E-state index contributed by atoms with van der Waals surface area (Å²) in [5.41, 5.74) is -0.252. The van der Waals surface area contributed by atoms with Gasteiger partial charge in [0, 0.05) is 6.54 Å². The van der Waals surface area contributed by atoms with Gasteiger partial charge in [-0.1, -0.05) is 18.2 Å². The van der Waals surface area contributed by atoms with Gasteiger partial charge in [-0.2, -0.15) is 0 Å². The van der Waals surface area contributed by atoms with E-state index in [1.807, 2.05) is 0 Å². The molecule has 0 spiro atoms. The highest BCUT2D eigenvalue weighted by Gasteiger charge is 2.19. The largest absolute Gasteiger partial charge is 0.452 e. The number of sulfonamides is 1. The Morgan fingerprint density at radius 2 is 1.78 bits per heavy atom. The summed E-state index contributed by atoms with van der Waals surface area (Å²) in [5, 5.41) is 7.34. The van der Waals surface area contributed by atoms with Crippen molar-refractivity contribution < 1.29 is 31.5 Å². The summed E-state index contributed by atoms with van der Waals surface area (Å²) in [7, 11) is -4.13. The molecule has 0 saturated heterocycles. The van der Waals surface area contributed by atoms with E-state index in [-0.39, 0.29) is 13.0 Å². The predicted octanol–water partition coefficient (Wildman–Crippen LogP) is 1.13. The van der Waals surface area contributed by atoms with Gasteiger partial charge in [-0.15, -0.1) is 0 Å². The molecule has 27 heavy (non-hydrogen) atoms. The molecule has 10 heteroatoms. The van der Waals surface area contributed by atoms with Crippen LogP contribution in [0.3, 0.4) is 0 Å². The van der Waals surface area contributed by atoms with Crippen molar-refractivity contribution in [1.29, 1.82) is 0 Å². The fourth-order valence-corrected chi connectivity index (χ4v) is 2.68. The van der Waals surface area contributed by atoms with Crippen molar-refractivity contribution in [3.8, 4) is 0 Å². The van der Waals surface area contributed by atoms with Gasteiger partial charge in [0.25, 0.3) is 5.91 Å². The zero-order valence-corrected chi connectivity index (χ0v) is 14.8. The Hall–Kier alpha value is -2.85. The van der Waals surface area contributed by atoms with E-state index in [0.717, 1.165) is 18.2 Å². The predicted molar refractivity (Wildman–Crippen MR) is 91.2 cm³/mol. The van der Waals surface area contributed by atoms with Gasteiger partial charge in [0.1, 0.15) is 11.6 Å². The summed E-state index contributed by atoms with van der Waals surface area (Å²) in [6, 6.07) is 8.45. The third kappa shape index (κ3) is 5.83. The van der Waals surface area contributed by atoms with E-state index in [0.29, 0.717) is 5.56 Å². The van der Waals surface area contributed by atoms with Crippen molar-refractivity contribution in [1.82, 2.24) is 5.32 Å². The van der Waals surface area contributed by atoms with Crippen molar-refractivity contribution in [2.75, 3.05) is 13.2 Å². The number of nitrogens with two attached hydrogens (primary N) is 1. The van der Waals surface area contributed by atoms with Crippen molar-refractivity contribution >= 4 is 21.9 Å². The number of nitrogens with one attached hydrogen (secondary N) is 1. The van der Waals surface area contributed by atoms with Crippen LogP contribution in [0.15, 0.2) is 47.4 Å². The first kappa shape index (κ1) is 20.5. The van der Waals surface area contributed by atoms with Crippen LogP contribution in [0.5, 0.6) is 0 Å². The van der Waals surface area contributed by atoms with Crippen LogP contribution in [0.4, 0.5) is 8.78 Å².